The molecule has 0 radical (unpaired) electrons. The van der Waals surface area contributed by atoms with Crippen LogP contribution in [0.3, 0.4) is 0 Å². The Labute approximate surface area is 187 Å². The Morgan fingerprint density at radius 1 is 1.00 bits per heavy atom. The number of hydrogen-bond acceptors (Lipinski definition) is 5. The Bertz CT molecular complexity index is 962. The van der Waals surface area contributed by atoms with Gasteiger partial charge >= 0.3 is 0 Å². The van der Waals surface area contributed by atoms with Gasteiger partial charge in [-0.2, -0.15) is 0 Å². The maximum Gasteiger partial charge on any atom is 0.267 e. The van der Waals surface area contributed by atoms with E-state index >= 15 is 0 Å². The van der Waals surface area contributed by atoms with Crippen LogP contribution in [0.4, 0.5) is 5.69 Å². The summed E-state index contributed by atoms with van der Waals surface area (Å²) in [4.78, 5) is 19.9. The van der Waals surface area contributed by atoms with Crippen molar-refractivity contribution in [1.82, 2.24) is 9.80 Å². The lowest BCUT2D eigenvalue weighted by Crippen LogP contribution is -2.50. The smallest absolute Gasteiger partial charge is 0.267 e. The van der Waals surface area contributed by atoms with Crippen LogP contribution in [0.1, 0.15) is 11.1 Å². The molecule has 2 saturated heterocycles. The first-order chi connectivity index (χ1) is 14.6. The molecule has 0 N–H and O–H groups in total. The van der Waals surface area contributed by atoms with Gasteiger partial charge in [0.15, 0.2) is 0 Å². The van der Waals surface area contributed by atoms with Crippen LogP contribution in [0.25, 0.3) is 6.08 Å². The summed E-state index contributed by atoms with van der Waals surface area (Å²) in [5.41, 5.74) is 3.65. The van der Waals surface area contributed by atoms with Crippen molar-refractivity contribution < 1.29 is 4.79 Å². The van der Waals surface area contributed by atoms with Gasteiger partial charge in [-0.1, -0.05) is 84.2 Å². The van der Waals surface area contributed by atoms with Crippen molar-refractivity contribution in [3.05, 3.63) is 82.8 Å². The van der Waals surface area contributed by atoms with Crippen LogP contribution in [0, 0.1) is 6.92 Å². The number of thiocarbonyl (C=S) groups is 1. The highest BCUT2D eigenvalue weighted by atomic mass is 32.2. The van der Waals surface area contributed by atoms with Crippen LogP contribution in [-0.2, 0) is 4.79 Å². The van der Waals surface area contributed by atoms with Crippen molar-refractivity contribution in [3.63, 3.8) is 0 Å². The number of amides is 1. The van der Waals surface area contributed by atoms with Gasteiger partial charge in [-0.05, 0) is 30.7 Å². The minimum absolute atomic E-state index is 0.00340. The average Bonchev–Trinajstić information content (AvgIpc) is 3.03. The number of carbonyl (C=O) groups is 1. The normalized spacial score (nSPS) is 19.4. The first-order valence-corrected chi connectivity index (χ1v) is 11.3. The van der Waals surface area contributed by atoms with E-state index in [0.29, 0.717) is 15.9 Å². The van der Waals surface area contributed by atoms with Gasteiger partial charge in [0.2, 0.25) is 0 Å². The quantitative estimate of drug-likeness (QED) is 0.508. The summed E-state index contributed by atoms with van der Waals surface area (Å²) in [5, 5.41) is 0. The lowest BCUT2D eigenvalue weighted by Gasteiger charge is -2.37. The van der Waals surface area contributed by atoms with E-state index in [0.717, 1.165) is 31.7 Å². The van der Waals surface area contributed by atoms with E-state index in [1.165, 1.54) is 23.0 Å². The predicted octanol–water partition coefficient (Wildman–Crippen LogP) is 4.53. The van der Waals surface area contributed by atoms with E-state index in [-0.39, 0.29) is 5.91 Å². The Morgan fingerprint density at radius 2 is 1.70 bits per heavy atom. The molecule has 2 fully saturated rings. The monoisotopic (exact) mass is 435 g/mol. The molecule has 0 bridgehead atoms. The number of piperazine rings is 1. The minimum Gasteiger partial charge on any atom is -0.369 e. The van der Waals surface area contributed by atoms with Crippen molar-refractivity contribution in [2.24, 2.45) is 0 Å². The molecule has 2 aromatic carbocycles. The molecule has 2 heterocycles. The zero-order valence-corrected chi connectivity index (χ0v) is 18.7. The number of allylic oxidation sites excluding steroid dienone is 2. The fourth-order valence-electron chi connectivity index (χ4n) is 3.55. The molecule has 30 heavy (non-hydrogen) atoms. The standard InChI is InChI=1S/C24H25N3OS2/c1-19-10-12-21(13-11-19)26-16-14-25(15-17-26)18-27-23(28)22(30-24(27)29)9-5-8-20-6-3-2-4-7-20/h2-13H,14-18H2,1H3/b8-5+,22-9+. The Hall–Kier alpha value is -2.41. The molecule has 0 aliphatic carbocycles. The molecule has 2 aromatic rings. The number of aryl methyl sites for hydroxylation is 1. The second kappa shape index (κ2) is 9.60. The number of benzene rings is 2. The topological polar surface area (TPSA) is 26.8 Å². The maximum atomic E-state index is 12.8. The molecule has 4 rings (SSSR count). The number of thioether (sulfide) groups is 1. The molecule has 0 aromatic heterocycles. The van der Waals surface area contributed by atoms with E-state index < -0.39 is 0 Å². The number of nitrogens with zero attached hydrogens (tertiary/aromatic N) is 3. The van der Waals surface area contributed by atoms with Crippen LogP contribution in [-0.4, -0.2) is 52.9 Å². The van der Waals surface area contributed by atoms with Crippen molar-refractivity contribution in [2.45, 2.75) is 6.92 Å². The van der Waals surface area contributed by atoms with E-state index in [4.69, 9.17) is 12.2 Å². The fraction of sp³-hybridized carbons (Fsp3) is 0.250. The highest BCUT2D eigenvalue weighted by molar-refractivity contribution is 8.26. The van der Waals surface area contributed by atoms with E-state index in [2.05, 4.69) is 41.0 Å². The summed E-state index contributed by atoms with van der Waals surface area (Å²) in [6.07, 6.45) is 5.78. The van der Waals surface area contributed by atoms with Crippen LogP contribution < -0.4 is 4.90 Å². The Balaban J connectivity index is 1.32. The van der Waals surface area contributed by atoms with Crippen LogP contribution in [0.2, 0.25) is 0 Å². The van der Waals surface area contributed by atoms with Gasteiger partial charge in [-0.25, -0.2) is 0 Å². The van der Waals surface area contributed by atoms with Crippen LogP contribution >= 0.6 is 24.0 Å². The zero-order valence-electron chi connectivity index (χ0n) is 17.0. The summed E-state index contributed by atoms with van der Waals surface area (Å²) >= 11 is 6.87. The third-order valence-corrected chi connectivity index (χ3v) is 6.72. The maximum absolute atomic E-state index is 12.8. The molecule has 0 unspecified atom stereocenters. The molecule has 0 atom stereocenters. The molecule has 1 amide bonds. The van der Waals surface area contributed by atoms with Gasteiger partial charge in [0.1, 0.15) is 4.32 Å². The number of rotatable bonds is 5. The fourth-order valence-corrected chi connectivity index (χ4v) is 4.74. The Kier molecular flexibility index (Phi) is 6.67. The van der Waals surface area contributed by atoms with Gasteiger partial charge in [-0.3, -0.25) is 14.6 Å². The summed E-state index contributed by atoms with van der Waals surface area (Å²) in [7, 11) is 0. The van der Waals surface area contributed by atoms with Crippen molar-refractivity contribution in [3.8, 4) is 0 Å². The molecular formula is C24H25N3OS2. The van der Waals surface area contributed by atoms with Gasteiger partial charge in [0.25, 0.3) is 5.91 Å². The summed E-state index contributed by atoms with van der Waals surface area (Å²) in [6.45, 7) is 6.40. The summed E-state index contributed by atoms with van der Waals surface area (Å²) in [6, 6.07) is 18.7. The average molecular weight is 436 g/mol. The first kappa shape index (κ1) is 20.8. The van der Waals surface area contributed by atoms with E-state index in [9.17, 15) is 4.79 Å². The lowest BCUT2D eigenvalue weighted by molar-refractivity contribution is -0.123. The molecule has 0 saturated carbocycles. The SMILES string of the molecule is Cc1ccc(N2CCN(CN3C(=O)/C(=C\C=C\c4ccccc4)SC3=S)CC2)cc1. The van der Waals surface area contributed by atoms with Gasteiger partial charge in [0, 0.05) is 31.9 Å². The molecular weight excluding hydrogens is 410 g/mol. The number of carbonyl (C=O) groups excluding carboxylic acids is 1. The van der Waals surface area contributed by atoms with Gasteiger partial charge in [-0.15, -0.1) is 0 Å². The lowest BCUT2D eigenvalue weighted by atomic mass is 10.2. The zero-order chi connectivity index (χ0) is 20.9. The molecule has 6 heteroatoms. The van der Waals surface area contributed by atoms with Crippen molar-refractivity contribution in [2.75, 3.05) is 37.7 Å². The Morgan fingerprint density at radius 3 is 2.40 bits per heavy atom. The minimum atomic E-state index is 0.00340. The van der Waals surface area contributed by atoms with Gasteiger partial charge < -0.3 is 4.90 Å². The second-order valence-corrected chi connectivity index (χ2v) is 9.16. The van der Waals surface area contributed by atoms with Crippen molar-refractivity contribution >= 4 is 46.0 Å². The highest BCUT2D eigenvalue weighted by Gasteiger charge is 2.33. The molecule has 154 valence electrons. The van der Waals surface area contributed by atoms with Crippen LogP contribution in [0.15, 0.2) is 71.7 Å². The van der Waals surface area contributed by atoms with E-state index in [1.54, 1.807) is 4.90 Å². The third kappa shape index (κ3) is 5.01. The first-order valence-electron chi connectivity index (χ1n) is 10.1. The second-order valence-electron chi connectivity index (χ2n) is 7.48. The summed E-state index contributed by atoms with van der Waals surface area (Å²) in [5.74, 6) is 0.00340. The molecule has 2 aliphatic heterocycles. The van der Waals surface area contributed by atoms with E-state index in [1.807, 2.05) is 48.6 Å². The molecule has 2 aliphatic rings. The highest BCUT2D eigenvalue weighted by Crippen LogP contribution is 2.31. The van der Waals surface area contributed by atoms with Crippen LogP contribution in [0.5, 0.6) is 0 Å². The van der Waals surface area contributed by atoms with Crippen molar-refractivity contribution in [1.29, 1.82) is 0 Å². The predicted molar refractivity (Wildman–Crippen MR) is 130 cm³/mol. The molecule has 4 nitrogen and oxygen atoms in total. The third-order valence-electron chi connectivity index (χ3n) is 5.32. The van der Waals surface area contributed by atoms with Gasteiger partial charge in [0.05, 0.1) is 11.6 Å². The number of anilines is 1. The summed E-state index contributed by atoms with van der Waals surface area (Å²) < 4.78 is 0.639. The molecule has 0 spiro atoms. The number of hydrogen-bond donors (Lipinski definition) is 0. The largest absolute Gasteiger partial charge is 0.369 e.